The number of carbonyl (C=O) groups is 1. The Morgan fingerprint density at radius 2 is 2.08 bits per heavy atom. The Balaban J connectivity index is 3.68. The van der Waals surface area contributed by atoms with Crippen molar-refractivity contribution < 1.29 is 9.53 Å². The summed E-state index contributed by atoms with van der Waals surface area (Å²) in [5.74, 6) is 5.74. The number of hydrogen-bond acceptors (Lipinski definition) is 2. The highest BCUT2D eigenvalue weighted by Gasteiger charge is 2.11. The molecule has 0 radical (unpaired) electrons. The number of rotatable bonds is 4. The molecule has 0 N–H and O–H groups in total. The smallest absolute Gasteiger partial charge is 0.309 e. The van der Waals surface area contributed by atoms with Gasteiger partial charge in [0.2, 0.25) is 0 Å². The fourth-order valence-electron chi connectivity index (χ4n) is 0.807. The summed E-state index contributed by atoms with van der Waals surface area (Å²) in [4.78, 5) is 11.1. The van der Waals surface area contributed by atoms with E-state index in [2.05, 4.69) is 18.8 Å². The van der Waals surface area contributed by atoms with Gasteiger partial charge in [-0.1, -0.05) is 13.8 Å². The van der Waals surface area contributed by atoms with Crippen molar-refractivity contribution in [3.63, 3.8) is 0 Å². The summed E-state index contributed by atoms with van der Waals surface area (Å²) < 4.78 is 4.85. The molecule has 2 nitrogen and oxygen atoms in total. The average molecular weight is 182 g/mol. The quantitative estimate of drug-likeness (QED) is 0.493. The van der Waals surface area contributed by atoms with Crippen molar-refractivity contribution in [3.05, 3.63) is 0 Å². The van der Waals surface area contributed by atoms with Gasteiger partial charge in [-0.25, -0.2) is 0 Å². The Bertz CT molecular complexity index is 198. The molecular weight excluding hydrogens is 164 g/mol. The molecule has 74 valence electrons. The van der Waals surface area contributed by atoms with Crippen LogP contribution in [0.2, 0.25) is 0 Å². The van der Waals surface area contributed by atoms with E-state index in [1.807, 2.05) is 13.8 Å². The van der Waals surface area contributed by atoms with Crippen LogP contribution in [0, 0.1) is 17.8 Å². The van der Waals surface area contributed by atoms with Crippen molar-refractivity contribution in [3.8, 4) is 11.8 Å². The van der Waals surface area contributed by atoms with Crippen LogP contribution in [-0.4, -0.2) is 12.6 Å². The van der Waals surface area contributed by atoms with Crippen LogP contribution in [-0.2, 0) is 9.53 Å². The van der Waals surface area contributed by atoms with E-state index in [0.717, 1.165) is 12.8 Å². The summed E-state index contributed by atoms with van der Waals surface area (Å²) in [6, 6.07) is 0. The third-order valence-electron chi connectivity index (χ3n) is 1.60. The van der Waals surface area contributed by atoms with Crippen LogP contribution in [0.3, 0.4) is 0 Å². The SMILES string of the molecule is CCCC#CCC(C)C(=O)OCC. The zero-order chi connectivity index (χ0) is 10.1. The van der Waals surface area contributed by atoms with Crippen molar-refractivity contribution in [2.75, 3.05) is 6.61 Å². The van der Waals surface area contributed by atoms with Crippen LogP contribution < -0.4 is 0 Å². The van der Waals surface area contributed by atoms with Gasteiger partial charge in [-0.15, -0.1) is 11.8 Å². The second kappa shape index (κ2) is 7.67. The second-order valence-corrected chi connectivity index (χ2v) is 2.96. The first-order valence-corrected chi connectivity index (χ1v) is 4.84. The van der Waals surface area contributed by atoms with Crippen LogP contribution in [0.1, 0.15) is 40.0 Å². The van der Waals surface area contributed by atoms with Gasteiger partial charge >= 0.3 is 5.97 Å². The molecule has 1 atom stereocenters. The molecule has 0 aromatic carbocycles. The number of hydrogen-bond donors (Lipinski definition) is 0. The Kier molecular flexibility index (Phi) is 7.10. The molecule has 13 heavy (non-hydrogen) atoms. The summed E-state index contributed by atoms with van der Waals surface area (Å²) in [5, 5.41) is 0. The Hall–Kier alpha value is -0.970. The van der Waals surface area contributed by atoms with Gasteiger partial charge < -0.3 is 4.74 Å². The van der Waals surface area contributed by atoms with Crippen molar-refractivity contribution in [2.24, 2.45) is 5.92 Å². The highest BCUT2D eigenvalue weighted by Crippen LogP contribution is 2.03. The molecule has 0 rings (SSSR count). The predicted octanol–water partition coefficient (Wildman–Crippen LogP) is 2.38. The van der Waals surface area contributed by atoms with Gasteiger partial charge in [0.25, 0.3) is 0 Å². The van der Waals surface area contributed by atoms with Gasteiger partial charge in [-0.3, -0.25) is 4.79 Å². The van der Waals surface area contributed by atoms with Gasteiger partial charge in [-0.2, -0.15) is 0 Å². The minimum Gasteiger partial charge on any atom is -0.466 e. The first-order valence-electron chi connectivity index (χ1n) is 4.84. The Morgan fingerprint density at radius 1 is 1.38 bits per heavy atom. The molecule has 0 aromatic heterocycles. The highest BCUT2D eigenvalue weighted by molar-refractivity contribution is 5.72. The summed E-state index contributed by atoms with van der Waals surface area (Å²) in [6.45, 7) is 6.20. The Labute approximate surface area is 80.7 Å². The highest BCUT2D eigenvalue weighted by atomic mass is 16.5. The zero-order valence-corrected chi connectivity index (χ0v) is 8.72. The molecule has 0 aliphatic heterocycles. The maximum absolute atomic E-state index is 11.1. The first kappa shape index (κ1) is 12.0. The molecule has 0 saturated carbocycles. The molecule has 1 unspecified atom stereocenters. The number of esters is 1. The van der Waals surface area contributed by atoms with Crippen molar-refractivity contribution in [1.82, 2.24) is 0 Å². The maximum atomic E-state index is 11.1. The van der Waals surface area contributed by atoms with E-state index in [4.69, 9.17) is 4.74 Å². The third kappa shape index (κ3) is 6.21. The lowest BCUT2D eigenvalue weighted by Crippen LogP contribution is -2.13. The standard InChI is InChI=1S/C11H18O2/c1-4-6-7-8-9-10(3)11(12)13-5-2/h10H,4-6,9H2,1-3H3. The van der Waals surface area contributed by atoms with E-state index in [0.29, 0.717) is 13.0 Å². The lowest BCUT2D eigenvalue weighted by Gasteiger charge is -2.05. The number of carbonyl (C=O) groups excluding carboxylic acids is 1. The first-order chi connectivity index (χ1) is 6.22. The van der Waals surface area contributed by atoms with Crippen molar-refractivity contribution >= 4 is 5.97 Å². The van der Waals surface area contributed by atoms with Crippen LogP contribution in [0.25, 0.3) is 0 Å². The van der Waals surface area contributed by atoms with E-state index in [1.54, 1.807) is 0 Å². The largest absolute Gasteiger partial charge is 0.466 e. The summed E-state index contributed by atoms with van der Waals surface area (Å²) >= 11 is 0. The van der Waals surface area contributed by atoms with Gasteiger partial charge in [0, 0.05) is 12.8 Å². The van der Waals surface area contributed by atoms with E-state index in [1.165, 1.54) is 0 Å². The molecule has 2 heteroatoms. The topological polar surface area (TPSA) is 26.3 Å². The normalized spacial score (nSPS) is 11.3. The Morgan fingerprint density at radius 3 is 2.62 bits per heavy atom. The van der Waals surface area contributed by atoms with Gasteiger partial charge in [-0.05, 0) is 13.3 Å². The van der Waals surface area contributed by atoms with Crippen LogP contribution in [0.4, 0.5) is 0 Å². The van der Waals surface area contributed by atoms with Crippen LogP contribution >= 0.6 is 0 Å². The lowest BCUT2D eigenvalue weighted by atomic mass is 10.1. The molecule has 0 heterocycles. The van der Waals surface area contributed by atoms with Gasteiger partial charge in [0.1, 0.15) is 0 Å². The number of ether oxygens (including phenoxy) is 1. The number of unbranched alkanes of at least 4 members (excludes halogenated alkanes) is 1. The molecule has 0 aliphatic carbocycles. The zero-order valence-electron chi connectivity index (χ0n) is 8.72. The second-order valence-electron chi connectivity index (χ2n) is 2.96. The van der Waals surface area contributed by atoms with Crippen molar-refractivity contribution in [2.45, 2.75) is 40.0 Å². The monoisotopic (exact) mass is 182 g/mol. The summed E-state index contributed by atoms with van der Waals surface area (Å²) in [7, 11) is 0. The molecule has 0 aromatic rings. The molecular formula is C11H18O2. The lowest BCUT2D eigenvalue weighted by molar-refractivity contribution is -0.147. The van der Waals surface area contributed by atoms with Crippen LogP contribution in [0.15, 0.2) is 0 Å². The van der Waals surface area contributed by atoms with Gasteiger partial charge in [0.15, 0.2) is 0 Å². The molecule has 0 fully saturated rings. The van der Waals surface area contributed by atoms with Crippen molar-refractivity contribution in [1.29, 1.82) is 0 Å². The fraction of sp³-hybridized carbons (Fsp3) is 0.727. The molecule has 0 spiro atoms. The summed E-state index contributed by atoms with van der Waals surface area (Å²) in [6.07, 6.45) is 2.59. The van der Waals surface area contributed by atoms with E-state index in [9.17, 15) is 4.79 Å². The predicted molar refractivity (Wildman–Crippen MR) is 53.1 cm³/mol. The minimum absolute atomic E-state index is 0.0932. The maximum Gasteiger partial charge on any atom is 0.309 e. The van der Waals surface area contributed by atoms with E-state index >= 15 is 0 Å². The fourth-order valence-corrected chi connectivity index (χ4v) is 0.807. The summed E-state index contributed by atoms with van der Waals surface area (Å²) in [5.41, 5.74) is 0. The van der Waals surface area contributed by atoms with Gasteiger partial charge in [0.05, 0.1) is 12.5 Å². The third-order valence-corrected chi connectivity index (χ3v) is 1.60. The minimum atomic E-state index is -0.145. The average Bonchev–Trinajstić information content (AvgIpc) is 2.12. The molecule has 0 aliphatic rings. The molecule has 0 bridgehead atoms. The van der Waals surface area contributed by atoms with E-state index in [-0.39, 0.29) is 11.9 Å². The molecule has 0 saturated heterocycles. The van der Waals surface area contributed by atoms with E-state index < -0.39 is 0 Å². The van der Waals surface area contributed by atoms with Crippen LogP contribution in [0.5, 0.6) is 0 Å². The molecule has 0 amide bonds.